The molecule has 0 bridgehead atoms. The summed E-state index contributed by atoms with van der Waals surface area (Å²) in [7, 11) is 0. The number of nitrogens with zero attached hydrogens (tertiary/aromatic N) is 2. The summed E-state index contributed by atoms with van der Waals surface area (Å²) in [5, 5.41) is 7.03. The quantitative estimate of drug-likeness (QED) is 0.0839. The van der Waals surface area contributed by atoms with Crippen molar-refractivity contribution in [2.45, 2.75) is 76.2 Å². The molecular formula is C101H93BrN4. The molecular weight excluding hydrogens is 1350 g/mol. The smallest absolute Gasteiger partial charge is 0.0490 e. The van der Waals surface area contributed by atoms with Crippen LogP contribution in [-0.2, 0) is 0 Å². The predicted molar refractivity (Wildman–Crippen MR) is 465 cm³/mol. The first-order chi connectivity index (χ1) is 51.4. The molecule has 0 aliphatic rings. The van der Waals surface area contributed by atoms with E-state index in [1.807, 2.05) is 0 Å². The van der Waals surface area contributed by atoms with Gasteiger partial charge in [-0.2, -0.15) is 0 Å². The molecule has 0 radical (unpaired) electrons. The van der Waals surface area contributed by atoms with Crippen molar-refractivity contribution in [2.75, 3.05) is 20.4 Å². The molecule has 0 aliphatic heterocycles. The summed E-state index contributed by atoms with van der Waals surface area (Å²) in [4.78, 5) is 4.72. The van der Waals surface area contributed by atoms with Crippen molar-refractivity contribution in [1.29, 1.82) is 0 Å². The molecule has 106 heavy (non-hydrogen) atoms. The maximum absolute atomic E-state index is 3.51. The van der Waals surface area contributed by atoms with E-state index in [0.29, 0.717) is 0 Å². The summed E-state index contributed by atoms with van der Waals surface area (Å²) in [6.07, 6.45) is 13.0. The monoisotopic (exact) mass is 1440 g/mol. The largest absolute Gasteiger partial charge is 0.355 e. The van der Waals surface area contributed by atoms with Gasteiger partial charge in [-0.15, -0.1) is 0 Å². The SMILES string of the molecule is Cc1ccc(/C=C/c2ccc(Br)cc2)cc1.Cc1ccc(/C=C/c2ccc(N(c3ccc(-c4ccc(N(c5ccc(/C=C/c6ccc(C)cc6)cc5)c5ccc(C)cc5C)cc4)cc3)c3ccc(C)cc3C)cc2)cc1.Cc1ccc(Nc2ccc(-c3ccc(Nc4ccc(C)cc4C)cc3)cc2)c(C)c1. The van der Waals surface area contributed by atoms with Crippen LogP contribution in [0.25, 0.3) is 58.7 Å². The highest BCUT2D eigenvalue weighted by Crippen LogP contribution is 2.41. The maximum Gasteiger partial charge on any atom is 0.0490 e. The minimum atomic E-state index is 1.10. The summed E-state index contributed by atoms with van der Waals surface area (Å²) < 4.78 is 1.11. The third kappa shape index (κ3) is 20.0. The lowest BCUT2D eigenvalue weighted by atomic mass is 10.0. The number of nitrogens with one attached hydrogen (secondary N) is 2. The van der Waals surface area contributed by atoms with Crippen molar-refractivity contribution in [2.24, 2.45) is 0 Å². The lowest BCUT2D eigenvalue weighted by molar-refractivity contribution is 1.23. The van der Waals surface area contributed by atoms with Crippen LogP contribution in [0.1, 0.15) is 94.6 Å². The van der Waals surface area contributed by atoms with Gasteiger partial charge in [-0.3, -0.25) is 0 Å². The van der Waals surface area contributed by atoms with Gasteiger partial charge in [0.25, 0.3) is 0 Å². The van der Waals surface area contributed by atoms with E-state index in [9.17, 15) is 0 Å². The molecule has 0 heterocycles. The first-order valence-electron chi connectivity index (χ1n) is 36.4. The summed E-state index contributed by atoms with van der Waals surface area (Å²) in [5.74, 6) is 0. The summed E-state index contributed by atoms with van der Waals surface area (Å²) in [6.45, 7) is 23.5. The standard InChI is InChI=1S/C58H52N2.C28H28N2.C15H13Br/c1-41-7-13-47(14-8-41)17-19-49-21-29-53(30-22-49)59(57-37-11-43(3)39-45(57)5)55-33-25-51(26-34-55)52-27-35-56(36-28-52)60(58-38-12-44(4)40-46(58)6)54-31-23-50(24-32-54)20-18-48-15-9-42(2)10-16-48;1-19-5-15-27(21(3)17-19)29-25-11-7-23(8-12-25)24-9-13-26(14-10-24)30-28-16-6-20(2)18-22(28)4;1-12-2-4-13(5-3-12)6-7-14-8-10-15(16)11-9-14/h7-40H,1-6H3;5-18,29-30H,1-4H3;2-11H,1H3/b19-17+,20-18+;;7-6+. The van der Waals surface area contributed by atoms with Gasteiger partial charge in [-0.25, -0.2) is 0 Å². The molecule has 0 aromatic heterocycles. The molecule has 4 nitrogen and oxygen atoms in total. The van der Waals surface area contributed by atoms with Crippen molar-refractivity contribution in [3.05, 3.63) is 415 Å². The average molecular weight is 1440 g/mol. The number of hydrogen-bond acceptors (Lipinski definition) is 4. The molecule has 14 rings (SSSR count). The van der Waals surface area contributed by atoms with Crippen LogP contribution in [0.15, 0.2) is 320 Å². The molecule has 0 aliphatic carbocycles. The van der Waals surface area contributed by atoms with Crippen molar-refractivity contribution >= 4 is 109 Å². The lowest BCUT2D eigenvalue weighted by Crippen LogP contribution is -2.11. The fourth-order valence-electron chi connectivity index (χ4n) is 12.9. The fraction of sp³-hybridized carbons (Fsp3) is 0.109. The predicted octanol–water partition coefficient (Wildman–Crippen LogP) is 29.5. The first-order valence-corrected chi connectivity index (χ1v) is 37.2. The van der Waals surface area contributed by atoms with Gasteiger partial charge < -0.3 is 20.4 Å². The Morgan fingerprint density at radius 2 is 0.434 bits per heavy atom. The van der Waals surface area contributed by atoms with Gasteiger partial charge in [0.15, 0.2) is 0 Å². The van der Waals surface area contributed by atoms with Crippen LogP contribution in [0.2, 0.25) is 0 Å². The highest BCUT2D eigenvalue weighted by atomic mass is 79.9. The maximum atomic E-state index is 3.51. The molecule has 14 aromatic carbocycles. The third-order valence-electron chi connectivity index (χ3n) is 19.0. The zero-order valence-electron chi connectivity index (χ0n) is 62.8. The van der Waals surface area contributed by atoms with E-state index in [2.05, 4.69) is 464 Å². The molecule has 0 saturated carbocycles. The number of anilines is 10. The van der Waals surface area contributed by atoms with Crippen LogP contribution in [0.5, 0.6) is 0 Å². The Labute approximate surface area is 638 Å². The van der Waals surface area contributed by atoms with Gasteiger partial charge in [-0.05, 0) is 263 Å². The van der Waals surface area contributed by atoms with Gasteiger partial charge in [0.05, 0.1) is 0 Å². The molecule has 2 N–H and O–H groups in total. The van der Waals surface area contributed by atoms with E-state index < -0.39 is 0 Å². The molecule has 5 heteroatoms. The normalized spacial score (nSPS) is 11.1. The molecule has 0 spiro atoms. The number of aryl methyl sites for hydroxylation is 11. The highest BCUT2D eigenvalue weighted by molar-refractivity contribution is 9.10. The first kappa shape index (κ1) is 73.7. The molecule has 14 aromatic rings. The Kier molecular flexibility index (Phi) is 24.3. The number of hydrogen-bond donors (Lipinski definition) is 2. The summed E-state index contributed by atoms with van der Waals surface area (Å²) >= 11 is 3.43. The Morgan fingerprint density at radius 1 is 0.217 bits per heavy atom. The average Bonchev–Trinajstić information content (AvgIpc) is 0.789. The van der Waals surface area contributed by atoms with Gasteiger partial charge in [0.1, 0.15) is 0 Å². The van der Waals surface area contributed by atoms with E-state index in [1.54, 1.807) is 0 Å². The lowest BCUT2D eigenvalue weighted by Gasteiger charge is -2.28. The Morgan fingerprint density at radius 3 is 0.698 bits per heavy atom. The zero-order valence-corrected chi connectivity index (χ0v) is 64.3. The van der Waals surface area contributed by atoms with Crippen LogP contribution in [0.4, 0.5) is 56.9 Å². The van der Waals surface area contributed by atoms with Crippen molar-refractivity contribution in [3.8, 4) is 22.3 Å². The molecule has 0 atom stereocenters. The second-order valence-electron chi connectivity index (χ2n) is 27.9. The number of rotatable bonds is 18. The minimum absolute atomic E-state index is 1.10. The fourth-order valence-corrected chi connectivity index (χ4v) is 13.2. The van der Waals surface area contributed by atoms with Gasteiger partial charge in [0.2, 0.25) is 0 Å². The number of benzene rings is 14. The Bertz CT molecular complexity index is 4990. The molecule has 0 amide bonds. The van der Waals surface area contributed by atoms with Crippen molar-refractivity contribution in [3.63, 3.8) is 0 Å². The summed E-state index contributed by atoms with van der Waals surface area (Å²) in [5.41, 5.74) is 37.1. The highest BCUT2D eigenvalue weighted by Gasteiger charge is 2.18. The van der Waals surface area contributed by atoms with E-state index in [-0.39, 0.29) is 0 Å². The topological polar surface area (TPSA) is 30.5 Å². The van der Waals surface area contributed by atoms with E-state index in [0.717, 1.165) is 61.1 Å². The molecule has 0 fully saturated rings. The van der Waals surface area contributed by atoms with Crippen LogP contribution in [0.3, 0.4) is 0 Å². The van der Waals surface area contributed by atoms with E-state index in [1.165, 1.54) is 117 Å². The zero-order chi connectivity index (χ0) is 74.1. The van der Waals surface area contributed by atoms with Crippen molar-refractivity contribution in [1.82, 2.24) is 0 Å². The molecule has 524 valence electrons. The third-order valence-corrected chi connectivity index (χ3v) is 19.5. The van der Waals surface area contributed by atoms with Gasteiger partial charge in [-0.1, -0.05) is 298 Å². The molecule has 0 unspecified atom stereocenters. The number of halogens is 1. The van der Waals surface area contributed by atoms with Crippen LogP contribution in [-0.4, -0.2) is 0 Å². The minimum Gasteiger partial charge on any atom is -0.355 e. The van der Waals surface area contributed by atoms with Gasteiger partial charge >= 0.3 is 0 Å². The van der Waals surface area contributed by atoms with Crippen LogP contribution >= 0.6 is 15.9 Å². The Balaban J connectivity index is 0.000000187. The van der Waals surface area contributed by atoms with Gasteiger partial charge in [0, 0.05) is 61.3 Å². The van der Waals surface area contributed by atoms with Crippen LogP contribution < -0.4 is 20.4 Å². The van der Waals surface area contributed by atoms with E-state index >= 15 is 0 Å². The summed E-state index contributed by atoms with van der Waals surface area (Å²) in [6, 6.07) is 113. The van der Waals surface area contributed by atoms with Crippen molar-refractivity contribution < 1.29 is 0 Å². The Hall–Kier alpha value is -12.0. The second kappa shape index (κ2) is 35.0. The molecule has 0 saturated heterocycles. The van der Waals surface area contributed by atoms with Crippen LogP contribution in [0, 0.1) is 76.2 Å². The second-order valence-corrected chi connectivity index (χ2v) is 28.8. The van der Waals surface area contributed by atoms with E-state index in [4.69, 9.17) is 0 Å².